The van der Waals surface area contributed by atoms with Crippen molar-refractivity contribution in [1.82, 2.24) is 0 Å². The number of hydrogen-bond acceptors (Lipinski definition) is 3. The Labute approximate surface area is 110 Å². The second kappa shape index (κ2) is 7.08. The highest BCUT2D eigenvalue weighted by molar-refractivity contribution is 7.53. The summed E-state index contributed by atoms with van der Waals surface area (Å²) in [6.07, 6.45) is -5.50. The average molecular weight is 296 g/mol. The molecule has 0 bridgehead atoms. The van der Waals surface area contributed by atoms with E-state index in [1.54, 1.807) is 37.3 Å². The van der Waals surface area contributed by atoms with Crippen LogP contribution in [-0.4, -0.2) is 19.4 Å². The zero-order valence-corrected chi connectivity index (χ0v) is 11.4. The lowest BCUT2D eigenvalue weighted by Crippen LogP contribution is -2.11. The molecule has 0 saturated heterocycles. The summed E-state index contributed by atoms with van der Waals surface area (Å²) in [5.74, 6) is 0. The highest BCUT2D eigenvalue weighted by atomic mass is 31.2. The van der Waals surface area contributed by atoms with Crippen LogP contribution in [-0.2, 0) is 19.8 Å². The van der Waals surface area contributed by atoms with Gasteiger partial charge in [0.15, 0.2) is 0 Å². The fourth-order valence-corrected chi connectivity index (χ4v) is 3.11. The first-order valence-electron chi connectivity index (χ1n) is 5.83. The number of alkyl halides is 3. The molecular weight excluding hydrogens is 280 g/mol. The van der Waals surface area contributed by atoms with Crippen molar-refractivity contribution in [2.24, 2.45) is 0 Å². The van der Waals surface area contributed by atoms with Gasteiger partial charge < -0.3 is 9.05 Å². The summed E-state index contributed by atoms with van der Waals surface area (Å²) >= 11 is 0. The Morgan fingerprint density at radius 1 is 1.16 bits per heavy atom. The van der Waals surface area contributed by atoms with Gasteiger partial charge in [-0.25, -0.2) is 0 Å². The van der Waals surface area contributed by atoms with Crippen molar-refractivity contribution in [3.63, 3.8) is 0 Å². The van der Waals surface area contributed by atoms with Gasteiger partial charge in [0.2, 0.25) is 0 Å². The molecule has 1 aromatic carbocycles. The van der Waals surface area contributed by atoms with Crippen LogP contribution in [0.1, 0.15) is 18.9 Å². The second-order valence-electron chi connectivity index (χ2n) is 3.87. The Bertz CT molecular complexity index is 420. The van der Waals surface area contributed by atoms with Gasteiger partial charge in [0.1, 0.15) is 0 Å². The zero-order valence-electron chi connectivity index (χ0n) is 10.5. The van der Waals surface area contributed by atoms with Crippen LogP contribution in [0.25, 0.3) is 0 Å². The molecule has 1 unspecified atom stereocenters. The normalized spacial score (nSPS) is 15.2. The monoisotopic (exact) mass is 296 g/mol. The van der Waals surface area contributed by atoms with E-state index in [9.17, 15) is 17.7 Å². The molecule has 1 aromatic rings. The van der Waals surface area contributed by atoms with E-state index in [1.165, 1.54) is 0 Å². The molecule has 0 N–H and O–H groups in total. The summed E-state index contributed by atoms with van der Waals surface area (Å²) in [5.41, 5.74) is 0.700. The Morgan fingerprint density at radius 3 is 2.32 bits per heavy atom. The molecule has 0 aliphatic heterocycles. The van der Waals surface area contributed by atoms with Gasteiger partial charge in [0.25, 0.3) is 0 Å². The number of benzene rings is 1. The lowest BCUT2D eigenvalue weighted by Gasteiger charge is -2.18. The first kappa shape index (κ1) is 16.2. The van der Waals surface area contributed by atoms with Crippen molar-refractivity contribution in [2.45, 2.75) is 25.7 Å². The predicted octanol–water partition coefficient (Wildman–Crippen LogP) is 4.39. The quantitative estimate of drug-likeness (QED) is 0.700. The summed E-state index contributed by atoms with van der Waals surface area (Å²) in [7, 11) is -3.53. The summed E-state index contributed by atoms with van der Waals surface area (Å²) < 4.78 is 58.2. The molecule has 0 amide bonds. The van der Waals surface area contributed by atoms with E-state index >= 15 is 0 Å². The minimum Gasteiger partial charge on any atom is -0.309 e. The molecule has 1 atom stereocenters. The van der Waals surface area contributed by atoms with Gasteiger partial charge in [-0.05, 0) is 12.5 Å². The van der Waals surface area contributed by atoms with Crippen LogP contribution in [0.2, 0.25) is 0 Å². The van der Waals surface area contributed by atoms with Crippen LogP contribution >= 0.6 is 7.60 Å². The molecule has 0 aliphatic rings. The zero-order chi connectivity index (χ0) is 14.4. The van der Waals surface area contributed by atoms with Crippen LogP contribution in [0.15, 0.2) is 30.3 Å². The Morgan fingerprint density at radius 2 is 1.79 bits per heavy atom. The number of halogens is 3. The van der Waals surface area contributed by atoms with Crippen LogP contribution < -0.4 is 0 Å². The van der Waals surface area contributed by atoms with Gasteiger partial charge in [-0.1, -0.05) is 30.3 Å². The van der Waals surface area contributed by atoms with Gasteiger partial charge in [0.05, 0.1) is 25.8 Å². The van der Waals surface area contributed by atoms with E-state index in [0.717, 1.165) is 0 Å². The van der Waals surface area contributed by atoms with E-state index in [2.05, 4.69) is 0 Å². The van der Waals surface area contributed by atoms with Crippen molar-refractivity contribution in [3.8, 4) is 0 Å². The van der Waals surface area contributed by atoms with Crippen LogP contribution in [0, 0.1) is 0 Å². The van der Waals surface area contributed by atoms with E-state index in [1.807, 2.05) is 0 Å². The van der Waals surface area contributed by atoms with E-state index in [0.29, 0.717) is 5.56 Å². The summed E-state index contributed by atoms with van der Waals surface area (Å²) in [5, 5.41) is 0. The lowest BCUT2D eigenvalue weighted by atomic mass is 10.2. The average Bonchev–Trinajstić information content (AvgIpc) is 2.28. The molecule has 0 spiro atoms. The molecule has 0 radical (unpaired) electrons. The molecule has 7 heteroatoms. The minimum atomic E-state index is -4.33. The molecule has 0 fully saturated rings. The van der Waals surface area contributed by atoms with E-state index in [4.69, 9.17) is 9.05 Å². The molecule has 0 saturated carbocycles. The highest BCUT2D eigenvalue weighted by Crippen LogP contribution is 2.51. The van der Waals surface area contributed by atoms with Crippen molar-refractivity contribution < 1.29 is 26.8 Å². The Hall–Kier alpha value is -0.840. The predicted molar refractivity (Wildman–Crippen MR) is 66.0 cm³/mol. The minimum absolute atomic E-state index is 0.0282. The number of rotatable bonds is 7. The summed E-state index contributed by atoms with van der Waals surface area (Å²) in [4.78, 5) is 0. The Balaban J connectivity index is 2.61. The molecule has 1 rings (SSSR count). The van der Waals surface area contributed by atoms with Crippen LogP contribution in [0.5, 0.6) is 0 Å². The molecule has 108 valence electrons. The molecule has 19 heavy (non-hydrogen) atoms. The van der Waals surface area contributed by atoms with Crippen molar-refractivity contribution in [1.29, 1.82) is 0 Å². The maximum absolute atomic E-state index is 12.3. The van der Waals surface area contributed by atoms with Gasteiger partial charge >= 0.3 is 13.8 Å². The van der Waals surface area contributed by atoms with Crippen molar-refractivity contribution >= 4 is 7.60 Å². The van der Waals surface area contributed by atoms with E-state index < -0.39 is 26.8 Å². The highest BCUT2D eigenvalue weighted by Gasteiger charge is 2.30. The molecule has 0 aliphatic carbocycles. The smallest absolute Gasteiger partial charge is 0.309 e. The SMILES string of the molecule is CCOP(=O)(Cc1ccccc1)OCCC(F)(F)F. The molecule has 0 heterocycles. The second-order valence-corrected chi connectivity index (χ2v) is 5.93. The number of hydrogen-bond donors (Lipinski definition) is 0. The standard InChI is InChI=1S/C12H16F3O3P/c1-2-17-19(16,18-9-8-12(13,14)15)10-11-6-4-3-5-7-11/h3-7H,2,8-10H2,1H3. The molecular formula is C12H16F3O3P. The van der Waals surface area contributed by atoms with Gasteiger partial charge in [-0.3, -0.25) is 4.57 Å². The first-order chi connectivity index (χ1) is 8.85. The Kier molecular flexibility index (Phi) is 6.04. The van der Waals surface area contributed by atoms with Crippen molar-refractivity contribution in [2.75, 3.05) is 13.2 Å². The maximum Gasteiger partial charge on any atom is 0.391 e. The molecule has 3 nitrogen and oxygen atoms in total. The summed E-state index contributed by atoms with van der Waals surface area (Å²) in [6, 6.07) is 8.74. The third-order valence-corrected chi connectivity index (χ3v) is 4.20. The third-order valence-electron chi connectivity index (χ3n) is 2.22. The first-order valence-corrected chi connectivity index (χ1v) is 7.56. The topological polar surface area (TPSA) is 35.5 Å². The maximum atomic E-state index is 12.3. The lowest BCUT2D eigenvalue weighted by molar-refractivity contribution is -0.139. The van der Waals surface area contributed by atoms with Gasteiger partial charge in [-0.2, -0.15) is 13.2 Å². The fourth-order valence-electron chi connectivity index (χ4n) is 1.43. The van der Waals surface area contributed by atoms with Gasteiger partial charge in [0, 0.05) is 0 Å². The largest absolute Gasteiger partial charge is 0.391 e. The third kappa shape index (κ3) is 6.76. The van der Waals surface area contributed by atoms with Crippen LogP contribution in [0.3, 0.4) is 0 Å². The van der Waals surface area contributed by atoms with Crippen LogP contribution in [0.4, 0.5) is 13.2 Å². The fraction of sp³-hybridized carbons (Fsp3) is 0.500. The molecule has 0 aromatic heterocycles. The van der Waals surface area contributed by atoms with Crippen molar-refractivity contribution in [3.05, 3.63) is 35.9 Å². The summed E-state index contributed by atoms with van der Waals surface area (Å²) in [6.45, 7) is 1.08. The van der Waals surface area contributed by atoms with E-state index in [-0.39, 0.29) is 12.8 Å². The van der Waals surface area contributed by atoms with Gasteiger partial charge in [-0.15, -0.1) is 0 Å².